The lowest BCUT2D eigenvalue weighted by atomic mass is 10.2. The molecular formula is C17H14ClN5O. The maximum absolute atomic E-state index is 11.9. The summed E-state index contributed by atoms with van der Waals surface area (Å²) in [6.45, 7) is 1.83. The van der Waals surface area contributed by atoms with Gasteiger partial charge in [0.25, 0.3) is 5.91 Å². The number of carbonyl (C=O) groups is 1. The number of nitrogens with one attached hydrogen (secondary N) is 1. The van der Waals surface area contributed by atoms with Gasteiger partial charge in [-0.3, -0.25) is 9.78 Å². The average molecular weight is 340 g/mol. The molecule has 2 heterocycles. The number of rotatable bonds is 4. The van der Waals surface area contributed by atoms with Gasteiger partial charge < -0.3 is 0 Å². The van der Waals surface area contributed by atoms with Gasteiger partial charge in [0.15, 0.2) is 0 Å². The second-order valence-corrected chi connectivity index (χ2v) is 5.33. The van der Waals surface area contributed by atoms with Gasteiger partial charge >= 0.3 is 0 Å². The van der Waals surface area contributed by atoms with Crippen LogP contribution in [0.3, 0.4) is 0 Å². The van der Waals surface area contributed by atoms with Crippen LogP contribution >= 0.6 is 11.6 Å². The van der Waals surface area contributed by atoms with Crippen LogP contribution in [-0.4, -0.2) is 26.9 Å². The van der Waals surface area contributed by atoms with E-state index in [1.807, 2.05) is 37.3 Å². The van der Waals surface area contributed by atoms with Crippen LogP contribution in [-0.2, 0) is 0 Å². The van der Waals surface area contributed by atoms with E-state index in [0.29, 0.717) is 22.0 Å². The van der Waals surface area contributed by atoms with Crippen molar-refractivity contribution in [1.29, 1.82) is 0 Å². The third-order valence-corrected chi connectivity index (χ3v) is 3.71. The summed E-state index contributed by atoms with van der Waals surface area (Å²) in [4.78, 5) is 15.8. The van der Waals surface area contributed by atoms with Gasteiger partial charge in [-0.05, 0) is 31.2 Å². The van der Waals surface area contributed by atoms with Crippen LogP contribution in [0.25, 0.3) is 5.69 Å². The molecule has 0 saturated heterocycles. The van der Waals surface area contributed by atoms with E-state index >= 15 is 0 Å². The topological polar surface area (TPSA) is 72.2 Å². The summed E-state index contributed by atoms with van der Waals surface area (Å²) in [7, 11) is 0. The van der Waals surface area contributed by atoms with Gasteiger partial charge in [0.1, 0.15) is 5.15 Å². The SMILES string of the molecule is Cc1nn(-c2ccccc2)c(Cl)c1C=NNC(=O)c1ccncc1. The van der Waals surface area contributed by atoms with Crippen molar-refractivity contribution in [2.75, 3.05) is 0 Å². The number of para-hydroxylation sites is 1. The summed E-state index contributed by atoms with van der Waals surface area (Å²) in [5, 5.41) is 8.80. The third kappa shape index (κ3) is 3.33. The molecule has 1 aromatic carbocycles. The Kier molecular flexibility index (Phi) is 4.67. The van der Waals surface area contributed by atoms with Crippen LogP contribution in [0.15, 0.2) is 60.0 Å². The van der Waals surface area contributed by atoms with E-state index in [9.17, 15) is 4.79 Å². The molecule has 2 aromatic heterocycles. The first kappa shape index (κ1) is 15.9. The highest BCUT2D eigenvalue weighted by Crippen LogP contribution is 2.21. The molecule has 3 rings (SSSR count). The van der Waals surface area contributed by atoms with Crippen molar-refractivity contribution in [1.82, 2.24) is 20.2 Å². The van der Waals surface area contributed by atoms with Gasteiger partial charge in [-0.2, -0.15) is 10.2 Å². The number of carbonyl (C=O) groups excluding carboxylic acids is 1. The molecule has 0 spiro atoms. The predicted molar refractivity (Wildman–Crippen MR) is 92.6 cm³/mol. The summed E-state index contributed by atoms with van der Waals surface area (Å²) in [5.41, 5.74) is 5.15. The molecule has 0 fully saturated rings. The van der Waals surface area contributed by atoms with Crippen molar-refractivity contribution in [3.63, 3.8) is 0 Å². The number of aryl methyl sites for hydroxylation is 1. The van der Waals surface area contributed by atoms with E-state index in [-0.39, 0.29) is 5.91 Å². The molecule has 0 saturated carbocycles. The van der Waals surface area contributed by atoms with E-state index in [1.165, 1.54) is 6.21 Å². The molecule has 0 aliphatic heterocycles. The van der Waals surface area contributed by atoms with Gasteiger partial charge in [-0.25, -0.2) is 10.1 Å². The minimum atomic E-state index is -0.321. The molecule has 1 amide bonds. The minimum absolute atomic E-state index is 0.321. The fraction of sp³-hybridized carbons (Fsp3) is 0.0588. The second kappa shape index (κ2) is 7.06. The van der Waals surface area contributed by atoms with Gasteiger partial charge in [0, 0.05) is 18.0 Å². The maximum atomic E-state index is 11.9. The third-order valence-electron chi connectivity index (χ3n) is 3.35. The Labute approximate surface area is 143 Å². The molecule has 0 aliphatic carbocycles. The smallest absolute Gasteiger partial charge is 0.267 e. The zero-order valence-corrected chi connectivity index (χ0v) is 13.6. The van der Waals surface area contributed by atoms with Gasteiger partial charge in [0.05, 0.1) is 23.2 Å². The molecular weight excluding hydrogens is 326 g/mol. The Morgan fingerprint density at radius 1 is 1.21 bits per heavy atom. The normalized spacial score (nSPS) is 10.9. The Morgan fingerprint density at radius 3 is 2.62 bits per heavy atom. The van der Waals surface area contributed by atoms with E-state index < -0.39 is 0 Å². The predicted octanol–water partition coefficient (Wildman–Crippen LogP) is 2.99. The Balaban J connectivity index is 1.78. The quantitative estimate of drug-likeness (QED) is 0.586. The molecule has 24 heavy (non-hydrogen) atoms. The van der Waals surface area contributed by atoms with Gasteiger partial charge in [0.2, 0.25) is 0 Å². The number of hydrogen-bond acceptors (Lipinski definition) is 4. The first-order valence-electron chi connectivity index (χ1n) is 7.21. The van der Waals surface area contributed by atoms with Crippen LogP contribution in [0, 0.1) is 6.92 Å². The lowest BCUT2D eigenvalue weighted by Gasteiger charge is -2.02. The standard InChI is InChI=1S/C17H14ClN5O/c1-12-15(11-20-21-17(24)13-7-9-19-10-8-13)16(18)23(22-12)14-5-3-2-4-6-14/h2-11H,1H3,(H,21,24). The molecule has 0 atom stereocenters. The molecule has 6 nitrogen and oxygen atoms in total. The number of halogens is 1. The monoisotopic (exact) mass is 339 g/mol. The highest BCUT2D eigenvalue weighted by atomic mass is 35.5. The number of nitrogens with zero attached hydrogens (tertiary/aromatic N) is 4. The number of aromatic nitrogens is 3. The molecule has 0 bridgehead atoms. The summed E-state index contributed by atoms with van der Waals surface area (Å²) in [6.07, 6.45) is 4.58. The Hall–Kier alpha value is -2.99. The highest BCUT2D eigenvalue weighted by molar-refractivity contribution is 6.32. The van der Waals surface area contributed by atoms with Crippen LogP contribution < -0.4 is 5.43 Å². The second-order valence-electron chi connectivity index (χ2n) is 4.97. The summed E-state index contributed by atoms with van der Waals surface area (Å²) < 4.78 is 1.63. The van der Waals surface area contributed by atoms with Crippen LogP contribution in [0.2, 0.25) is 5.15 Å². The first-order chi connectivity index (χ1) is 11.7. The minimum Gasteiger partial charge on any atom is -0.267 e. The van der Waals surface area contributed by atoms with E-state index in [4.69, 9.17) is 11.6 Å². The fourth-order valence-electron chi connectivity index (χ4n) is 2.12. The average Bonchev–Trinajstić information content (AvgIpc) is 2.91. The molecule has 0 radical (unpaired) electrons. The lowest BCUT2D eigenvalue weighted by molar-refractivity contribution is 0.0955. The number of hydrazone groups is 1. The zero-order valence-electron chi connectivity index (χ0n) is 12.8. The van der Waals surface area contributed by atoms with Crippen molar-refractivity contribution in [3.8, 4) is 5.69 Å². The molecule has 120 valence electrons. The first-order valence-corrected chi connectivity index (χ1v) is 7.58. The molecule has 1 N–H and O–H groups in total. The van der Waals surface area contributed by atoms with Crippen LogP contribution in [0.5, 0.6) is 0 Å². The summed E-state index contributed by atoms with van der Waals surface area (Å²) >= 11 is 6.38. The Bertz CT molecular complexity index is 875. The number of benzene rings is 1. The van der Waals surface area contributed by atoms with Crippen molar-refractivity contribution in [2.45, 2.75) is 6.92 Å². The van der Waals surface area contributed by atoms with Crippen LogP contribution in [0.4, 0.5) is 0 Å². The van der Waals surface area contributed by atoms with E-state index in [1.54, 1.807) is 29.2 Å². The summed E-state index contributed by atoms with van der Waals surface area (Å²) in [5.74, 6) is -0.321. The fourth-order valence-corrected chi connectivity index (χ4v) is 2.44. The van der Waals surface area contributed by atoms with Crippen molar-refractivity contribution < 1.29 is 4.79 Å². The van der Waals surface area contributed by atoms with E-state index in [0.717, 1.165) is 5.69 Å². The molecule has 0 unspecified atom stereocenters. The molecule has 7 heteroatoms. The number of pyridine rings is 1. The molecule has 0 aliphatic rings. The Morgan fingerprint density at radius 2 is 1.92 bits per heavy atom. The van der Waals surface area contributed by atoms with Crippen LogP contribution in [0.1, 0.15) is 21.6 Å². The maximum Gasteiger partial charge on any atom is 0.271 e. The molecule has 3 aromatic rings. The lowest BCUT2D eigenvalue weighted by Crippen LogP contribution is -2.17. The highest BCUT2D eigenvalue weighted by Gasteiger charge is 2.13. The van der Waals surface area contributed by atoms with Crippen molar-refractivity contribution in [2.24, 2.45) is 5.10 Å². The zero-order chi connectivity index (χ0) is 16.9. The van der Waals surface area contributed by atoms with Gasteiger partial charge in [-0.1, -0.05) is 29.8 Å². The van der Waals surface area contributed by atoms with Crippen molar-refractivity contribution >= 4 is 23.7 Å². The van der Waals surface area contributed by atoms with Crippen molar-refractivity contribution in [3.05, 3.63) is 76.8 Å². The number of amides is 1. The number of hydrogen-bond donors (Lipinski definition) is 1. The van der Waals surface area contributed by atoms with E-state index in [2.05, 4.69) is 20.6 Å². The summed E-state index contributed by atoms with van der Waals surface area (Å²) in [6, 6.07) is 12.8. The largest absolute Gasteiger partial charge is 0.271 e. The van der Waals surface area contributed by atoms with Gasteiger partial charge in [-0.15, -0.1) is 0 Å².